The van der Waals surface area contributed by atoms with Gasteiger partial charge in [0.15, 0.2) is 0 Å². The van der Waals surface area contributed by atoms with E-state index in [9.17, 15) is 10.0 Å². The smallest absolute Gasteiger partial charge is 0.423 e. The highest BCUT2D eigenvalue weighted by atomic mass is 16.4. The molecule has 0 amide bonds. The summed E-state index contributed by atoms with van der Waals surface area (Å²) in [6.45, 7) is 0. The van der Waals surface area contributed by atoms with Crippen LogP contribution >= 0.6 is 0 Å². The summed E-state index contributed by atoms with van der Waals surface area (Å²) in [7, 11) is -1.51. The molecule has 3 nitrogen and oxygen atoms in total. The van der Waals surface area contributed by atoms with Gasteiger partial charge in [-0.1, -0.05) is 66.7 Å². The summed E-state index contributed by atoms with van der Waals surface area (Å²) in [5, 5.41) is 22.3. The first-order chi connectivity index (χ1) is 10.8. The Balaban J connectivity index is 2.01. The van der Waals surface area contributed by atoms with E-state index in [1.807, 2.05) is 66.7 Å². The van der Waals surface area contributed by atoms with Crippen LogP contribution in [0.15, 0.2) is 78.9 Å². The van der Waals surface area contributed by atoms with Gasteiger partial charge in [0, 0.05) is 22.4 Å². The average molecular weight is 289 g/mol. The Morgan fingerprint density at radius 1 is 0.636 bits per heavy atom. The number of hydrogen-bond donors (Lipinski definition) is 3. The predicted molar refractivity (Wildman–Crippen MR) is 91.4 cm³/mol. The minimum Gasteiger partial charge on any atom is -0.423 e. The van der Waals surface area contributed by atoms with Crippen LogP contribution in [0, 0.1) is 0 Å². The molecule has 0 bridgehead atoms. The summed E-state index contributed by atoms with van der Waals surface area (Å²) in [6, 6.07) is 25.2. The van der Waals surface area contributed by atoms with Crippen molar-refractivity contribution < 1.29 is 10.0 Å². The monoisotopic (exact) mass is 289 g/mol. The zero-order chi connectivity index (χ0) is 15.4. The Labute approximate surface area is 130 Å². The SMILES string of the molecule is OB(O)c1ccccc1Nc1ccccc1-c1ccccc1. The molecule has 3 aromatic rings. The third-order valence-electron chi connectivity index (χ3n) is 3.52. The number of anilines is 2. The van der Waals surface area contributed by atoms with Crippen LogP contribution in [0.4, 0.5) is 11.4 Å². The van der Waals surface area contributed by atoms with E-state index in [4.69, 9.17) is 0 Å². The molecule has 108 valence electrons. The van der Waals surface area contributed by atoms with Gasteiger partial charge in [0.1, 0.15) is 0 Å². The number of benzene rings is 3. The van der Waals surface area contributed by atoms with Crippen molar-refractivity contribution in [2.75, 3.05) is 5.32 Å². The summed E-state index contributed by atoms with van der Waals surface area (Å²) < 4.78 is 0. The van der Waals surface area contributed by atoms with Crippen molar-refractivity contribution in [3.63, 3.8) is 0 Å². The van der Waals surface area contributed by atoms with Crippen LogP contribution in [0.5, 0.6) is 0 Å². The second-order valence-electron chi connectivity index (χ2n) is 5.00. The molecule has 3 aromatic carbocycles. The lowest BCUT2D eigenvalue weighted by molar-refractivity contribution is 0.426. The first kappa shape index (κ1) is 14.4. The van der Waals surface area contributed by atoms with Gasteiger partial charge in [-0.3, -0.25) is 0 Å². The molecule has 3 N–H and O–H groups in total. The van der Waals surface area contributed by atoms with Crippen LogP contribution in [-0.2, 0) is 0 Å². The molecule has 0 radical (unpaired) electrons. The Hall–Kier alpha value is -2.56. The Kier molecular flexibility index (Phi) is 4.23. The van der Waals surface area contributed by atoms with E-state index in [1.165, 1.54) is 0 Å². The number of rotatable bonds is 4. The first-order valence-electron chi connectivity index (χ1n) is 7.12. The molecule has 0 heterocycles. The molecule has 0 aromatic heterocycles. The maximum absolute atomic E-state index is 9.48. The molecule has 0 aliphatic heterocycles. The van der Waals surface area contributed by atoms with Crippen LogP contribution < -0.4 is 10.8 Å². The van der Waals surface area contributed by atoms with E-state index in [-0.39, 0.29) is 0 Å². The van der Waals surface area contributed by atoms with Crippen molar-refractivity contribution >= 4 is 24.0 Å². The molecule has 4 heteroatoms. The third kappa shape index (κ3) is 3.03. The molecule has 0 atom stereocenters. The average Bonchev–Trinajstić information content (AvgIpc) is 2.56. The van der Waals surface area contributed by atoms with E-state index in [2.05, 4.69) is 5.32 Å². The van der Waals surface area contributed by atoms with E-state index in [0.29, 0.717) is 11.2 Å². The Bertz CT molecular complexity index is 760. The summed E-state index contributed by atoms with van der Waals surface area (Å²) in [5.74, 6) is 0. The lowest BCUT2D eigenvalue weighted by Crippen LogP contribution is -2.31. The van der Waals surface area contributed by atoms with Crippen molar-refractivity contribution in [1.29, 1.82) is 0 Å². The lowest BCUT2D eigenvalue weighted by Gasteiger charge is -2.15. The van der Waals surface area contributed by atoms with Gasteiger partial charge in [0.2, 0.25) is 0 Å². The van der Waals surface area contributed by atoms with Gasteiger partial charge in [-0.05, 0) is 17.7 Å². The Morgan fingerprint density at radius 3 is 1.95 bits per heavy atom. The molecule has 3 rings (SSSR count). The lowest BCUT2D eigenvalue weighted by atomic mass is 9.79. The van der Waals surface area contributed by atoms with Crippen molar-refractivity contribution in [3.8, 4) is 11.1 Å². The minimum absolute atomic E-state index is 0.449. The van der Waals surface area contributed by atoms with Gasteiger partial charge in [-0.25, -0.2) is 0 Å². The van der Waals surface area contributed by atoms with Crippen molar-refractivity contribution in [2.24, 2.45) is 0 Å². The van der Waals surface area contributed by atoms with Gasteiger partial charge in [-0.15, -0.1) is 0 Å². The van der Waals surface area contributed by atoms with Gasteiger partial charge >= 0.3 is 7.12 Å². The zero-order valence-corrected chi connectivity index (χ0v) is 12.0. The molecule has 0 unspecified atom stereocenters. The molecule has 22 heavy (non-hydrogen) atoms. The topological polar surface area (TPSA) is 52.5 Å². The molecule has 0 aliphatic rings. The summed E-state index contributed by atoms with van der Waals surface area (Å²) in [4.78, 5) is 0. The summed E-state index contributed by atoms with van der Waals surface area (Å²) >= 11 is 0. The standard InChI is InChI=1S/C18H16BNO2/c21-19(22)16-11-5-7-13-18(16)20-17-12-6-4-10-15(17)14-8-2-1-3-9-14/h1-13,20-22H. The number of nitrogens with one attached hydrogen (secondary N) is 1. The largest absolute Gasteiger partial charge is 0.490 e. The predicted octanol–water partition coefficient (Wildman–Crippen LogP) is 2.78. The van der Waals surface area contributed by atoms with Gasteiger partial charge in [-0.2, -0.15) is 0 Å². The molecular formula is C18H16BNO2. The van der Waals surface area contributed by atoms with Gasteiger partial charge in [0.05, 0.1) is 0 Å². The van der Waals surface area contributed by atoms with Crippen LogP contribution in [0.3, 0.4) is 0 Å². The van der Waals surface area contributed by atoms with E-state index >= 15 is 0 Å². The number of hydrogen-bond acceptors (Lipinski definition) is 3. The Morgan fingerprint density at radius 2 is 1.23 bits per heavy atom. The minimum atomic E-state index is -1.51. The van der Waals surface area contributed by atoms with Crippen LogP contribution in [0.1, 0.15) is 0 Å². The molecule has 0 aliphatic carbocycles. The van der Waals surface area contributed by atoms with Crippen LogP contribution in [-0.4, -0.2) is 17.2 Å². The highest BCUT2D eigenvalue weighted by molar-refractivity contribution is 6.60. The highest BCUT2D eigenvalue weighted by Gasteiger charge is 2.16. The number of para-hydroxylation sites is 2. The van der Waals surface area contributed by atoms with Crippen LogP contribution in [0.25, 0.3) is 11.1 Å². The van der Waals surface area contributed by atoms with Gasteiger partial charge < -0.3 is 15.4 Å². The highest BCUT2D eigenvalue weighted by Crippen LogP contribution is 2.29. The van der Waals surface area contributed by atoms with Crippen molar-refractivity contribution in [3.05, 3.63) is 78.9 Å². The molecule has 0 spiro atoms. The summed E-state index contributed by atoms with van der Waals surface area (Å²) in [6.07, 6.45) is 0. The van der Waals surface area contributed by atoms with Gasteiger partial charge in [0.25, 0.3) is 0 Å². The third-order valence-corrected chi connectivity index (χ3v) is 3.52. The first-order valence-corrected chi connectivity index (χ1v) is 7.12. The molecule has 0 saturated heterocycles. The van der Waals surface area contributed by atoms with E-state index < -0.39 is 7.12 Å². The molecule has 0 saturated carbocycles. The maximum Gasteiger partial charge on any atom is 0.490 e. The second kappa shape index (κ2) is 6.47. The van der Waals surface area contributed by atoms with E-state index in [0.717, 1.165) is 16.8 Å². The van der Waals surface area contributed by atoms with E-state index in [1.54, 1.807) is 12.1 Å². The maximum atomic E-state index is 9.48. The second-order valence-corrected chi connectivity index (χ2v) is 5.00. The quantitative estimate of drug-likeness (QED) is 0.647. The summed E-state index contributed by atoms with van der Waals surface area (Å²) in [5.41, 5.74) is 4.21. The normalized spacial score (nSPS) is 10.3. The molecular weight excluding hydrogens is 273 g/mol. The fraction of sp³-hybridized carbons (Fsp3) is 0. The van der Waals surface area contributed by atoms with Crippen molar-refractivity contribution in [1.82, 2.24) is 0 Å². The van der Waals surface area contributed by atoms with Crippen LogP contribution in [0.2, 0.25) is 0 Å². The fourth-order valence-corrected chi connectivity index (χ4v) is 2.44. The fourth-order valence-electron chi connectivity index (χ4n) is 2.44. The molecule has 0 fully saturated rings. The van der Waals surface area contributed by atoms with Crippen molar-refractivity contribution in [2.45, 2.75) is 0 Å². The zero-order valence-electron chi connectivity index (χ0n) is 12.0.